The summed E-state index contributed by atoms with van der Waals surface area (Å²) in [6.45, 7) is 0.549. The Morgan fingerprint density at radius 3 is 2.62 bits per heavy atom. The van der Waals surface area contributed by atoms with Gasteiger partial charge >= 0.3 is 0 Å². The van der Waals surface area contributed by atoms with Gasteiger partial charge < -0.3 is 10.4 Å². The number of rotatable bonds is 3. The molecule has 21 heavy (non-hydrogen) atoms. The minimum Gasteiger partial charge on any atom is -0.506 e. The molecule has 1 aromatic heterocycles. The summed E-state index contributed by atoms with van der Waals surface area (Å²) in [5.74, 6) is 0.183. The molecule has 2 N–H and O–H groups in total. The largest absolute Gasteiger partial charge is 0.506 e. The molecule has 3 rings (SSSR count). The first-order valence-electron chi connectivity index (χ1n) is 5.88. The Balaban J connectivity index is 1.90. The molecule has 0 aliphatic rings. The lowest BCUT2D eigenvalue weighted by Crippen LogP contribution is -2.01. The molecule has 0 amide bonds. The lowest BCUT2D eigenvalue weighted by molar-refractivity contribution is 0.468. The zero-order valence-electron chi connectivity index (χ0n) is 10.4. The van der Waals surface area contributed by atoms with Crippen molar-refractivity contribution in [2.24, 2.45) is 0 Å². The van der Waals surface area contributed by atoms with Gasteiger partial charge in [-0.1, -0.05) is 11.6 Å². The summed E-state index contributed by atoms with van der Waals surface area (Å²) in [6, 6.07) is 7.34. The molecule has 0 atom stereocenters. The predicted molar refractivity (Wildman–Crippen MR) is 93.3 cm³/mol. The van der Waals surface area contributed by atoms with Crippen molar-refractivity contribution in [2.75, 3.05) is 5.32 Å². The van der Waals surface area contributed by atoms with Gasteiger partial charge in [0.05, 0.1) is 31.4 Å². The van der Waals surface area contributed by atoms with Gasteiger partial charge in [-0.25, -0.2) is 0 Å². The van der Waals surface area contributed by atoms with Crippen molar-refractivity contribution >= 4 is 71.9 Å². The van der Waals surface area contributed by atoms with Crippen molar-refractivity contribution in [1.82, 2.24) is 8.75 Å². The third-order valence-electron chi connectivity index (χ3n) is 2.92. The van der Waals surface area contributed by atoms with Crippen molar-refractivity contribution in [2.45, 2.75) is 6.54 Å². The minimum absolute atomic E-state index is 0.183. The molecule has 0 bridgehead atoms. The zero-order chi connectivity index (χ0) is 15.0. The number of phenols is 1. The first kappa shape index (κ1) is 15.0. The van der Waals surface area contributed by atoms with Crippen molar-refractivity contribution in [3.05, 3.63) is 43.8 Å². The van der Waals surface area contributed by atoms with E-state index in [0.717, 1.165) is 34.0 Å². The molecule has 2 aromatic carbocycles. The lowest BCUT2D eigenvalue weighted by Gasteiger charge is -2.10. The van der Waals surface area contributed by atoms with E-state index in [0.29, 0.717) is 20.5 Å². The van der Waals surface area contributed by atoms with Crippen LogP contribution in [0, 0.1) is 0 Å². The average molecular weight is 450 g/mol. The van der Waals surface area contributed by atoms with Gasteiger partial charge in [0, 0.05) is 6.54 Å². The standard InChI is InChI=1S/C13H8Br2ClN3OS/c14-7-3-6(4-8(15)13(7)20)5-17-11-9(16)1-2-10-12(11)19-21-18-10/h1-4,17,20H,5H2. The van der Waals surface area contributed by atoms with E-state index in [-0.39, 0.29) is 5.75 Å². The van der Waals surface area contributed by atoms with Crippen LogP contribution >= 0.6 is 55.2 Å². The van der Waals surface area contributed by atoms with Gasteiger partial charge in [-0.2, -0.15) is 8.75 Å². The van der Waals surface area contributed by atoms with E-state index < -0.39 is 0 Å². The maximum absolute atomic E-state index is 9.72. The molecular weight excluding hydrogens is 441 g/mol. The molecule has 0 saturated carbocycles. The van der Waals surface area contributed by atoms with Crippen LogP contribution in [0.2, 0.25) is 5.02 Å². The van der Waals surface area contributed by atoms with Gasteiger partial charge in [-0.15, -0.1) is 0 Å². The number of aromatic hydroxyl groups is 1. The van der Waals surface area contributed by atoms with Gasteiger partial charge in [0.25, 0.3) is 0 Å². The Kier molecular flexibility index (Phi) is 4.35. The topological polar surface area (TPSA) is 58.0 Å². The number of benzene rings is 2. The molecule has 0 aliphatic heterocycles. The quantitative estimate of drug-likeness (QED) is 0.578. The summed E-state index contributed by atoms with van der Waals surface area (Å²) in [7, 11) is 0. The van der Waals surface area contributed by atoms with E-state index in [9.17, 15) is 5.11 Å². The van der Waals surface area contributed by atoms with E-state index in [1.165, 1.54) is 0 Å². The highest BCUT2D eigenvalue weighted by Gasteiger charge is 2.11. The number of fused-ring (bicyclic) bond motifs is 1. The van der Waals surface area contributed by atoms with E-state index in [1.807, 2.05) is 18.2 Å². The van der Waals surface area contributed by atoms with Crippen LogP contribution in [0.5, 0.6) is 5.75 Å². The van der Waals surface area contributed by atoms with Crippen LogP contribution in [-0.4, -0.2) is 13.9 Å². The van der Waals surface area contributed by atoms with Gasteiger partial charge in [0.1, 0.15) is 16.8 Å². The van der Waals surface area contributed by atoms with Gasteiger partial charge in [0.15, 0.2) is 0 Å². The predicted octanol–water partition coefficient (Wildman–Crippen LogP) is 5.19. The Morgan fingerprint density at radius 1 is 1.19 bits per heavy atom. The fourth-order valence-corrected chi connectivity index (χ4v) is 3.95. The van der Waals surface area contributed by atoms with E-state index in [2.05, 4.69) is 45.9 Å². The Hall–Kier alpha value is -0.890. The fraction of sp³-hybridized carbons (Fsp3) is 0.0769. The number of hydrogen-bond donors (Lipinski definition) is 2. The Bertz CT molecular complexity index is 801. The molecule has 0 spiro atoms. The van der Waals surface area contributed by atoms with E-state index in [1.54, 1.807) is 6.07 Å². The number of phenolic OH excluding ortho intramolecular Hbond substituents is 1. The molecule has 0 fully saturated rings. The molecule has 108 valence electrons. The normalized spacial score (nSPS) is 11.0. The smallest absolute Gasteiger partial charge is 0.143 e. The number of halogens is 3. The maximum Gasteiger partial charge on any atom is 0.143 e. The van der Waals surface area contributed by atoms with Gasteiger partial charge in [-0.3, -0.25) is 0 Å². The summed E-state index contributed by atoms with van der Waals surface area (Å²) in [5, 5.41) is 13.6. The number of anilines is 1. The van der Waals surface area contributed by atoms with Crippen LogP contribution in [0.4, 0.5) is 5.69 Å². The first-order valence-corrected chi connectivity index (χ1v) is 8.57. The highest BCUT2D eigenvalue weighted by Crippen LogP contribution is 2.34. The van der Waals surface area contributed by atoms with Gasteiger partial charge in [-0.05, 0) is 61.7 Å². The van der Waals surface area contributed by atoms with E-state index in [4.69, 9.17) is 11.6 Å². The Labute approximate surface area is 146 Å². The highest BCUT2D eigenvalue weighted by molar-refractivity contribution is 9.11. The summed E-state index contributed by atoms with van der Waals surface area (Å²) in [5.41, 5.74) is 3.34. The number of nitrogens with one attached hydrogen (secondary N) is 1. The molecule has 3 aromatic rings. The van der Waals surface area contributed by atoms with Crippen molar-refractivity contribution < 1.29 is 5.11 Å². The first-order chi connectivity index (χ1) is 10.1. The van der Waals surface area contributed by atoms with Crippen LogP contribution < -0.4 is 5.32 Å². The number of nitrogens with zero attached hydrogens (tertiary/aromatic N) is 2. The third-order valence-corrected chi connectivity index (χ3v) is 4.99. The van der Waals surface area contributed by atoms with Crippen molar-refractivity contribution in [1.29, 1.82) is 0 Å². The Morgan fingerprint density at radius 2 is 1.90 bits per heavy atom. The van der Waals surface area contributed by atoms with Crippen LogP contribution in [0.25, 0.3) is 11.0 Å². The molecule has 0 aliphatic carbocycles. The lowest BCUT2D eigenvalue weighted by atomic mass is 10.2. The van der Waals surface area contributed by atoms with Crippen molar-refractivity contribution in [3.63, 3.8) is 0 Å². The SMILES string of the molecule is Oc1c(Br)cc(CNc2c(Cl)ccc3nsnc23)cc1Br. The summed E-state index contributed by atoms with van der Waals surface area (Å²) in [4.78, 5) is 0. The maximum atomic E-state index is 9.72. The van der Waals surface area contributed by atoms with Crippen LogP contribution in [0.15, 0.2) is 33.2 Å². The summed E-state index contributed by atoms with van der Waals surface area (Å²) >= 11 is 14.0. The summed E-state index contributed by atoms with van der Waals surface area (Å²) in [6.07, 6.45) is 0. The van der Waals surface area contributed by atoms with Crippen molar-refractivity contribution in [3.8, 4) is 5.75 Å². The second-order valence-electron chi connectivity index (χ2n) is 4.32. The van der Waals surface area contributed by atoms with Crippen LogP contribution in [0.1, 0.15) is 5.56 Å². The van der Waals surface area contributed by atoms with Gasteiger partial charge in [0.2, 0.25) is 0 Å². The molecule has 8 heteroatoms. The number of aromatic nitrogens is 2. The molecule has 0 radical (unpaired) electrons. The third kappa shape index (κ3) is 3.01. The fourth-order valence-electron chi connectivity index (χ4n) is 1.91. The molecule has 0 saturated heterocycles. The zero-order valence-corrected chi connectivity index (χ0v) is 15.1. The summed E-state index contributed by atoms with van der Waals surface area (Å²) < 4.78 is 9.73. The molecular formula is C13H8Br2ClN3OS. The van der Waals surface area contributed by atoms with Crippen LogP contribution in [0.3, 0.4) is 0 Å². The highest BCUT2D eigenvalue weighted by atomic mass is 79.9. The average Bonchev–Trinajstić information content (AvgIpc) is 2.92. The second kappa shape index (κ2) is 6.08. The minimum atomic E-state index is 0.183. The van der Waals surface area contributed by atoms with E-state index >= 15 is 0 Å². The number of hydrogen-bond acceptors (Lipinski definition) is 5. The molecule has 0 unspecified atom stereocenters. The second-order valence-corrected chi connectivity index (χ2v) is 6.96. The van der Waals surface area contributed by atoms with Crippen LogP contribution in [-0.2, 0) is 6.54 Å². The molecule has 4 nitrogen and oxygen atoms in total. The monoisotopic (exact) mass is 447 g/mol. The molecule has 1 heterocycles.